The van der Waals surface area contributed by atoms with Crippen LogP contribution in [0.1, 0.15) is 27.3 Å². The van der Waals surface area contributed by atoms with Crippen molar-refractivity contribution in [3.8, 4) is 0 Å². The lowest BCUT2D eigenvalue weighted by Gasteiger charge is -2.07. The smallest absolute Gasteiger partial charge is 0.328 e. The van der Waals surface area contributed by atoms with E-state index in [2.05, 4.69) is 20.5 Å². The van der Waals surface area contributed by atoms with Gasteiger partial charge in [-0.05, 0) is 30.2 Å². The molecule has 7 nitrogen and oxygen atoms in total. The summed E-state index contributed by atoms with van der Waals surface area (Å²) in [6, 6.07) is 5.16. The molecule has 1 aromatic heterocycles. The lowest BCUT2D eigenvalue weighted by atomic mass is 10.0. The predicted molar refractivity (Wildman–Crippen MR) is 75.4 cm³/mol. The summed E-state index contributed by atoms with van der Waals surface area (Å²) in [5.74, 6) is -0.732. The Bertz CT molecular complexity index is 678. The van der Waals surface area contributed by atoms with Gasteiger partial charge in [0.25, 0.3) is 5.91 Å². The summed E-state index contributed by atoms with van der Waals surface area (Å²) in [5.41, 5.74) is 1.94. The van der Waals surface area contributed by atoms with Gasteiger partial charge in [0, 0.05) is 11.6 Å². The van der Waals surface area contributed by atoms with Gasteiger partial charge in [-0.2, -0.15) is 5.10 Å². The highest BCUT2D eigenvalue weighted by atomic mass is 16.4. The van der Waals surface area contributed by atoms with Gasteiger partial charge in [-0.1, -0.05) is 12.1 Å². The molecule has 0 radical (unpaired) electrons. The third-order valence-electron chi connectivity index (χ3n) is 2.81. The molecule has 0 unspecified atom stereocenters. The summed E-state index contributed by atoms with van der Waals surface area (Å²) < 4.78 is 0. The third kappa shape index (κ3) is 4.00. The fourth-order valence-corrected chi connectivity index (χ4v) is 1.73. The Kier molecular flexibility index (Phi) is 4.45. The number of nitrogens with zero attached hydrogens (tertiary/aromatic N) is 2. The number of nitrogens with one attached hydrogen (secondary N) is 2. The van der Waals surface area contributed by atoms with Crippen molar-refractivity contribution < 1.29 is 14.7 Å². The summed E-state index contributed by atoms with van der Waals surface area (Å²) >= 11 is 0. The number of carbonyl (C=O) groups excluding carboxylic acids is 1. The molecule has 2 rings (SSSR count). The van der Waals surface area contributed by atoms with E-state index in [1.165, 1.54) is 12.4 Å². The number of benzene rings is 1. The van der Waals surface area contributed by atoms with Crippen molar-refractivity contribution in [2.45, 2.75) is 13.5 Å². The number of rotatable bonds is 5. The van der Waals surface area contributed by atoms with Gasteiger partial charge in [-0.25, -0.2) is 9.78 Å². The first kappa shape index (κ1) is 14.4. The summed E-state index contributed by atoms with van der Waals surface area (Å²) in [4.78, 5) is 26.6. The quantitative estimate of drug-likeness (QED) is 0.714. The van der Waals surface area contributed by atoms with E-state index >= 15 is 0 Å². The minimum absolute atomic E-state index is 0.244. The maximum Gasteiger partial charge on any atom is 0.328 e. The lowest BCUT2D eigenvalue weighted by molar-refractivity contribution is -0.131. The van der Waals surface area contributed by atoms with Gasteiger partial charge in [-0.3, -0.25) is 9.89 Å². The number of aliphatic carboxylic acids is 1. The molecule has 0 bridgehead atoms. The summed E-state index contributed by atoms with van der Waals surface area (Å²) in [6.07, 6.45) is 3.83. The molecule has 108 valence electrons. The standard InChI is InChI=1S/C14H14N4O3/c1-9-2-3-10(4-5-13(19)20)6-11(9)14(21)15-7-12-16-8-17-18-12/h2-6,8H,7H2,1H3,(H,15,21)(H,19,20)(H,16,17,18). The largest absolute Gasteiger partial charge is 0.478 e. The number of amides is 1. The minimum atomic E-state index is -1.04. The molecule has 21 heavy (non-hydrogen) atoms. The predicted octanol–water partition coefficient (Wildman–Crippen LogP) is 1.14. The average Bonchev–Trinajstić information content (AvgIpc) is 2.97. The van der Waals surface area contributed by atoms with Crippen LogP contribution in [0.15, 0.2) is 30.6 Å². The van der Waals surface area contributed by atoms with E-state index in [-0.39, 0.29) is 12.5 Å². The van der Waals surface area contributed by atoms with Crippen molar-refractivity contribution in [1.82, 2.24) is 20.5 Å². The number of carboxylic acid groups (broad SMARTS) is 1. The van der Waals surface area contributed by atoms with Crippen LogP contribution in [0.4, 0.5) is 0 Å². The topological polar surface area (TPSA) is 108 Å². The van der Waals surface area contributed by atoms with Crippen LogP contribution >= 0.6 is 0 Å². The molecular weight excluding hydrogens is 272 g/mol. The van der Waals surface area contributed by atoms with Crippen LogP contribution in [0.25, 0.3) is 6.08 Å². The second-order valence-electron chi connectivity index (χ2n) is 4.36. The Hall–Kier alpha value is -2.96. The maximum absolute atomic E-state index is 12.1. The minimum Gasteiger partial charge on any atom is -0.478 e. The maximum atomic E-state index is 12.1. The van der Waals surface area contributed by atoms with E-state index in [1.54, 1.807) is 18.2 Å². The Morgan fingerprint density at radius 2 is 2.24 bits per heavy atom. The molecule has 0 spiro atoms. The van der Waals surface area contributed by atoms with Crippen molar-refractivity contribution in [3.05, 3.63) is 53.1 Å². The normalized spacial score (nSPS) is 10.7. The monoisotopic (exact) mass is 286 g/mol. The van der Waals surface area contributed by atoms with E-state index in [0.717, 1.165) is 11.6 Å². The zero-order valence-electron chi connectivity index (χ0n) is 11.3. The number of carboxylic acids is 1. The zero-order chi connectivity index (χ0) is 15.2. The Balaban J connectivity index is 2.12. The molecule has 0 aliphatic heterocycles. The van der Waals surface area contributed by atoms with Gasteiger partial charge in [0.05, 0.1) is 6.54 Å². The molecular formula is C14H14N4O3. The molecule has 0 saturated carbocycles. The van der Waals surface area contributed by atoms with Crippen molar-refractivity contribution in [3.63, 3.8) is 0 Å². The third-order valence-corrected chi connectivity index (χ3v) is 2.81. The molecule has 3 N–H and O–H groups in total. The van der Waals surface area contributed by atoms with E-state index in [9.17, 15) is 9.59 Å². The second kappa shape index (κ2) is 6.47. The first-order valence-corrected chi connectivity index (χ1v) is 6.20. The molecule has 1 heterocycles. The number of aromatic amines is 1. The fourth-order valence-electron chi connectivity index (χ4n) is 1.73. The number of hydrogen-bond acceptors (Lipinski definition) is 4. The highest BCUT2D eigenvalue weighted by molar-refractivity contribution is 5.96. The van der Waals surface area contributed by atoms with Crippen molar-refractivity contribution in [2.24, 2.45) is 0 Å². The Morgan fingerprint density at radius 3 is 2.90 bits per heavy atom. The fraction of sp³-hybridized carbons (Fsp3) is 0.143. The van der Waals surface area contributed by atoms with Gasteiger partial charge in [0.15, 0.2) is 0 Å². The molecule has 0 fully saturated rings. The Morgan fingerprint density at radius 1 is 1.43 bits per heavy atom. The van der Waals surface area contributed by atoms with Crippen LogP contribution in [0, 0.1) is 6.92 Å². The summed E-state index contributed by atoms with van der Waals surface area (Å²) in [6.45, 7) is 2.06. The number of aryl methyl sites for hydroxylation is 1. The van der Waals surface area contributed by atoms with Gasteiger partial charge < -0.3 is 10.4 Å². The SMILES string of the molecule is Cc1ccc(C=CC(=O)O)cc1C(=O)NCc1ncn[nH]1. The van der Waals surface area contributed by atoms with Gasteiger partial charge in [0.2, 0.25) is 0 Å². The zero-order valence-corrected chi connectivity index (χ0v) is 11.3. The van der Waals surface area contributed by atoms with Gasteiger partial charge >= 0.3 is 5.97 Å². The van der Waals surface area contributed by atoms with Crippen LogP contribution < -0.4 is 5.32 Å². The van der Waals surface area contributed by atoms with Gasteiger partial charge in [0.1, 0.15) is 12.2 Å². The van der Waals surface area contributed by atoms with Crippen LogP contribution in [0.3, 0.4) is 0 Å². The number of H-pyrrole nitrogens is 1. The molecule has 2 aromatic rings. The van der Waals surface area contributed by atoms with E-state index in [4.69, 9.17) is 5.11 Å². The number of hydrogen-bond donors (Lipinski definition) is 3. The number of carbonyl (C=O) groups is 2. The Labute approximate surface area is 120 Å². The van der Waals surface area contributed by atoms with E-state index in [0.29, 0.717) is 17.0 Å². The molecule has 0 aliphatic rings. The van der Waals surface area contributed by atoms with Crippen LogP contribution in [0.5, 0.6) is 0 Å². The lowest BCUT2D eigenvalue weighted by Crippen LogP contribution is -2.24. The highest BCUT2D eigenvalue weighted by Gasteiger charge is 2.09. The van der Waals surface area contributed by atoms with Crippen LogP contribution in [0.2, 0.25) is 0 Å². The molecule has 0 saturated heterocycles. The summed E-state index contributed by atoms with van der Waals surface area (Å²) in [7, 11) is 0. The molecule has 1 amide bonds. The second-order valence-corrected chi connectivity index (χ2v) is 4.36. The van der Waals surface area contributed by atoms with E-state index < -0.39 is 5.97 Å². The molecule has 0 atom stereocenters. The van der Waals surface area contributed by atoms with Gasteiger partial charge in [-0.15, -0.1) is 0 Å². The van der Waals surface area contributed by atoms with Crippen molar-refractivity contribution in [2.75, 3.05) is 0 Å². The average molecular weight is 286 g/mol. The molecule has 1 aromatic carbocycles. The number of aromatic nitrogens is 3. The summed E-state index contributed by atoms with van der Waals surface area (Å²) in [5, 5.41) is 17.7. The first-order chi connectivity index (χ1) is 10.1. The molecule has 7 heteroatoms. The van der Waals surface area contributed by atoms with E-state index in [1.807, 2.05) is 6.92 Å². The van der Waals surface area contributed by atoms with Crippen molar-refractivity contribution >= 4 is 18.0 Å². The van der Waals surface area contributed by atoms with Crippen molar-refractivity contribution in [1.29, 1.82) is 0 Å². The first-order valence-electron chi connectivity index (χ1n) is 6.20. The van der Waals surface area contributed by atoms with Crippen LogP contribution in [-0.4, -0.2) is 32.2 Å². The highest BCUT2D eigenvalue weighted by Crippen LogP contribution is 2.13. The van der Waals surface area contributed by atoms with Crippen LogP contribution in [-0.2, 0) is 11.3 Å². The molecule has 0 aliphatic carbocycles.